The summed E-state index contributed by atoms with van der Waals surface area (Å²) in [5.74, 6) is 1.50. The van der Waals surface area contributed by atoms with Crippen molar-refractivity contribution in [2.75, 3.05) is 19.8 Å². The van der Waals surface area contributed by atoms with Crippen LogP contribution in [0.3, 0.4) is 0 Å². The lowest BCUT2D eigenvalue weighted by molar-refractivity contribution is 0.0925. The first kappa shape index (κ1) is 16.0. The third-order valence-corrected chi connectivity index (χ3v) is 2.99. The Hall–Kier alpha value is -1.06. The predicted molar refractivity (Wildman–Crippen MR) is 77.5 cm³/mol. The predicted octanol–water partition coefficient (Wildman–Crippen LogP) is 3.57. The Balaban J connectivity index is 2.19. The maximum atomic E-state index is 9.68. The van der Waals surface area contributed by atoms with Crippen LogP contribution in [0.4, 0.5) is 0 Å². The lowest BCUT2D eigenvalue weighted by Crippen LogP contribution is -2.08. The third kappa shape index (κ3) is 6.60. The van der Waals surface area contributed by atoms with Gasteiger partial charge in [0.1, 0.15) is 12.4 Å². The first-order valence-electron chi connectivity index (χ1n) is 7.12. The smallest absolute Gasteiger partial charge is 0.119 e. The van der Waals surface area contributed by atoms with Crippen LogP contribution in [-0.4, -0.2) is 24.9 Å². The molecule has 0 aromatic heterocycles. The molecule has 0 saturated heterocycles. The van der Waals surface area contributed by atoms with Crippen LogP contribution in [0.25, 0.3) is 0 Å². The first-order valence-corrected chi connectivity index (χ1v) is 7.12. The van der Waals surface area contributed by atoms with Gasteiger partial charge in [-0.1, -0.05) is 32.9 Å². The van der Waals surface area contributed by atoms with Crippen molar-refractivity contribution in [3.05, 3.63) is 29.8 Å². The van der Waals surface area contributed by atoms with Gasteiger partial charge in [-0.3, -0.25) is 0 Å². The topological polar surface area (TPSA) is 38.7 Å². The minimum absolute atomic E-state index is 0.381. The second-order valence-corrected chi connectivity index (χ2v) is 5.14. The van der Waals surface area contributed by atoms with Crippen molar-refractivity contribution in [3.63, 3.8) is 0 Å². The van der Waals surface area contributed by atoms with Crippen molar-refractivity contribution in [2.45, 2.75) is 39.7 Å². The summed E-state index contributed by atoms with van der Waals surface area (Å²) >= 11 is 0. The Kier molecular flexibility index (Phi) is 7.53. The zero-order valence-corrected chi connectivity index (χ0v) is 12.3. The molecule has 0 amide bonds. The number of aliphatic hydroxyl groups is 1. The number of hydrogen-bond acceptors (Lipinski definition) is 3. The largest absolute Gasteiger partial charge is 0.491 e. The SMILES string of the molecule is CC[C@@H](O)c1ccc(OCCOCCC(C)C)cc1. The number of rotatable bonds is 9. The zero-order chi connectivity index (χ0) is 14.1. The molecule has 1 N–H and O–H groups in total. The first-order chi connectivity index (χ1) is 9.13. The summed E-state index contributed by atoms with van der Waals surface area (Å²) in [6, 6.07) is 7.59. The van der Waals surface area contributed by atoms with E-state index in [0.717, 1.165) is 30.8 Å². The molecule has 0 unspecified atom stereocenters. The molecule has 0 aliphatic carbocycles. The quantitative estimate of drug-likeness (QED) is 0.694. The van der Waals surface area contributed by atoms with Gasteiger partial charge in [0.2, 0.25) is 0 Å². The fourth-order valence-corrected chi connectivity index (χ4v) is 1.66. The molecule has 1 atom stereocenters. The zero-order valence-electron chi connectivity index (χ0n) is 12.3. The van der Waals surface area contributed by atoms with Crippen LogP contribution in [0.15, 0.2) is 24.3 Å². The van der Waals surface area contributed by atoms with Gasteiger partial charge in [0.25, 0.3) is 0 Å². The van der Waals surface area contributed by atoms with Crippen molar-refractivity contribution in [2.24, 2.45) is 5.92 Å². The highest BCUT2D eigenvalue weighted by Gasteiger charge is 2.04. The lowest BCUT2D eigenvalue weighted by Gasteiger charge is -2.10. The van der Waals surface area contributed by atoms with Gasteiger partial charge in [-0.25, -0.2) is 0 Å². The average molecular weight is 266 g/mol. The van der Waals surface area contributed by atoms with Crippen LogP contribution in [0, 0.1) is 5.92 Å². The number of aliphatic hydroxyl groups excluding tert-OH is 1. The van der Waals surface area contributed by atoms with Gasteiger partial charge >= 0.3 is 0 Å². The highest BCUT2D eigenvalue weighted by Crippen LogP contribution is 2.19. The maximum Gasteiger partial charge on any atom is 0.119 e. The monoisotopic (exact) mass is 266 g/mol. The van der Waals surface area contributed by atoms with E-state index in [1.54, 1.807) is 0 Å². The van der Waals surface area contributed by atoms with E-state index < -0.39 is 0 Å². The summed E-state index contributed by atoms with van der Waals surface area (Å²) in [5, 5.41) is 9.68. The van der Waals surface area contributed by atoms with E-state index in [1.807, 2.05) is 31.2 Å². The van der Waals surface area contributed by atoms with E-state index in [2.05, 4.69) is 13.8 Å². The molecule has 3 heteroatoms. The molecule has 1 aromatic carbocycles. The molecule has 0 radical (unpaired) electrons. The molecular weight excluding hydrogens is 240 g/mol. The molecular formula is C16H26O3. The highest BCUT2D eigenvalue weighted by molar-refractivity contribution is 5.28. The lowest BCUT2D eigenvalue weighted by atomic mass is 10.1. The molecule has 0 heterocycles. The van der Waals surface area contributed by atoms with Gasteiger partial charge in [0, 0.05) is 6.61 Å². The van der Waals surface area contributed by atoms with Crippen molar-refractivity contribution in [3.8, 4) is 5.75 Å². The molecule has 0 fully saturated rings. The molecule has 0 aliphatic heterocycles. The van der Waals surface area contributed by atoms with Crippen LogP contribution in [-0.2, 0) is 4.74 Å². The maximum absolute atomic E-state index is 9.68. The van der Waals surface area contributed by atoms with Crippen LogP contribution >= 0.6 is 0 Å². The Morgan fingerprint density at radius 2 is 1.74 bits per heavy atom. The van der Waals surface area contributed by atoms with Gasteiger partial charge in [0.05, 0.1) is 12.7 Å². The second kappa shape index (κ2) is 8.94. The Labute approximate surface area is 116 Å². The molecule has 3 nitrogen and oxygen atoms in total. The molecule has 1 rings (SSSR count). The van der Waals surface area contributed by atoms with E-state index in [4.69, 9.17) is 9.47 Å². The molecule has 0 saturated carbocycles. The minimum atomic E-state index is -0.381. The van der Waals surface area contributed by atoms with Crippen molar-refractivity contribution in [1.82, 2.24) is 0 Å². The van der Waals surface area contributed by atoms with E-state index in [-0.39, 0.29) is 6.10 Å². The molecule has 108 valence electrons. The third-order valence-electron chi connectivity index (χ3n) is 2.99. The number of hydrogen-bond donors (Lipinski definition) is 1. The fraction of sp³-hybridized carbons (Fsp3) is 0.625. The van der Waals surface area contributed by atoms with Gasteiger partial charge in [-0.15, -0.1) is 0 Å². The summed E-state index contributed by atoms with van der Waals surface area (Å²) < 4.78 is 11.1. The molecule has 0 bridgehead atoms. The Morgan fingerprint density at radius 3 is 2.32 bits per heavy atom. The number of ether oxygens (including phenoxy) is 2. The van der Waals surface area contributed by atoms with E-state index in [9.17, 15) is 5.11 Å². The molecule has 19 heavy (non-hydrogen) atoms. The van der Waals surface area contributed by atoms with Gasteiger partial charge in [-0.2, -0.15) is 0 Å². The minimum Gasteiger partial charge on any atom is -0.491 e. The van der Waals surface area contributed by atoms with E-state index in [0.29, 0.717) is 19.1 Å². The summed E-state index contributed by atoms with van der Waals surface area (Å²) in [6.07, 6.45) is 1.43. The molecule has 0 aliphatic rings. The van der Waals surface area contributed by atoms with Crippen LogP contribution in [0.2, 0.25) is 0 Å². The van der Waals surface area contributed by atoms with E-state index >= 15 is 0 Å². The van der Waals surface area contributed by atoms with Crippen LogP contribution < -0.4 is 4.74 Å². The van der Waals surface area contributed by atoms with Gasteiger partial charge in [-0.05, 0) is 36.5 Å². The molecule has 0 spiro atoms. The normalized spacial score (nSPS) is 12.7. The van der Waals surface area contributed by atoms with Crippen LogP contribution in [0.1, 0.15) is 45.3 Å². The van der Waals surface area contributed by atoms with Crippen molar-refractivity contribution in [1.29, 1.82) is 0 Å². The summed E-state index contributed by atoms with van der Waals surface area (Å²) in [6.45, 7) is 8.31. The summed E-state index contributed by atoms with van der Waals surface area (Å²) in [4.78, 5) is 0. The highest BCUT2D eigenvalue weighted by atomic mass is 16.5. The standard InChI is InChI=1S/C16H26O3/c1-4-16(17)14-5-7-15(8-6-14)19-12-11-18-10-9-13(2)3/h5-8,13,16-17H,4,9-12H2,1-3H3/t16-/m1/s1. The van der Waals surface area contributed by atoms with E-state index in [1.165, 1.54) is 0 Å². The molecule has 1 aromatic rings. The van der Waals surface area contributed by atoms with Gasteiger partial charge < -0.3 is 14.6 Å². The summed E-state index contributed by atoms with van der Waals surface area (Å²) in [7, 11) is 0. The van der Waals surface area contributed by atoms with Crippen LogP contribution in [0.5, 0.6) is 5.75 Å². The average Bonchev–Trinajstić information content (AvgIpc) is 2.42. The summed E-state index contributed by atoms with van der Waals surface area (Å²) in [5.41, 5.74) is 0.933. The number of benzene rings is 1. The Bertz CT molecular complexity index is 332. The van der Waals surface area contributed by atoms with Crippen molar-refractivity contribution < 1.29 is 14.6 Å². The second-order valence-electron chi connectivity index (χ2n) is 5.14. The van der Waals surface area contributed by atoms with Crippen molar-refractivity contribution >= 4 is 0 Å². The fourth-order valence-electron chi connectivity index (χ4n) is 1.66. The van der Waals surface area contributed by atoms with Gasteiger partial charge in [0.15, 0.2) is 0 Å². The Morgan fingerprint density at radius 1 is 1.05 bits per heavy atom.